The summed E-state index contributed by atoms with van der Waals surface area (Å²) in [6.45, 7) is 10.6. The standard InChI is InChI=1S/C16H27N3O2/c1-15(2,3)14-18-12(10-20-5)9-13(19-14)17-11-16(4)7-6-8-21-16/h9H,6-8,10-11H2,1-5H3,(H,17,18,19). The topological polar surface area (TPSA) is 56.3 Å². The van der Waals surface area contributed by atoms with Gasteiger partial charge in [0.2, 0.25) is 0 Å². The van der Waals surface area contributed by atoms with Gasteiger partial charge in [0.25, 0.3) is 0 Å². The smallest absolute Gasteiger partial charge is 0.136 e. The number of nitrogens with zero attached hydrogens (tertiary/aromatic N) is 2. The summed E-state index contributed by atoms with van der Waals surface area (Å²) in [6, 6.07) is 1.96. The van der Waals surface area contributed by atoms with Crippen molar-refractivity contribution in [2.24, 2.45) is 0 Å². The molecule has 2 heterocycles. The van der Waals surface area contributed by atoms with E-state index < -0.39 is 0 Å². The lowest BCUT2D eigenvalue weighted by atomic mass is 9.95. The number of hydrogen-bond donors (Lipinski definition) is 1. The maximum absolute atomic E-state index is 5.81. The molecule has 1 N–H and O–H groups in total. The number of methoxy groups -OCH3 is 1. The third-order valence-electron chi connectivity index (χ3n) is 3.69. The Morgan fingerprint density at radius 3 is 2.71 bits per heavy atom. The minimum atomic E-state index is -0.0893. The van der Waals surface area contributed by atoms with Crippen LogP contribution >= 0.6 is 0 Å². The van der Waals surface area contributed by atoms with Gasteiger partial charge >= 0.3 is 0 Å². The molecule has 118 valence electrons. The third kappa shape index (κ3) is 4.38. The molecule has 5 heteroatoms. The van der Waals surface area contributed by atoms with E-state index in [1.807, 2.05) is 6.07 Å². The van der Waals surface area contributed by atoms with E-state index in [1.165, 1.54) is 0 Å². The second-order valence-corrected chi connectivity index (χ2v) is 7.01. The average molecular weight is 293 g/mol. The normalized spacial score (nSPS) is 22.5. The van der Waals surface area contributed by atoms with Gasteiger partial charge in [0.1, 0.15) is 11.6 Å². The largest absolute Gasteiger partial charge is 0.378 e. The van der Waals surface area contributed by atoms with Gasteiger partial charge in [-0.25, -0.2) is 9.97 Å². The third-order valence-corrected chi connectivity index (χ3v) is 3.69. The molecule has 0 aromatic carbocycles. The van der Waals surface area contributed by atoms with Crippen LogP contribution < -0.4 is 5.32 Å². The Morgan fingerprint density at radius 2 is 2.14 bits per heavy atom. The van der Waals surface area contributed by atoms with Crippen LogP contribution in [0.25, 0.3) is 0 Å². The molecule has 2 rings (SSSR count). The fraction of sp³-hybridized carbons (Fsp3) is 0.750. The van der Waals surface area contributed by atoms with Crippen LogP contribution in [0.3, 0.4) is 0 Å². The summed E-state index contributed by atoms with van der Waals surface area (Å²) in [5.41, 5.74) is 0.722. The van der Waals surface area contributed by atoms with Crippen molar-refractivity contribution in [3.63, 3.8) is 0 Å². The van der Waals surface area contributed by atoms with Crippen LogP contribution in [-0.4, -0.2) is 35.8 Å². The first-order valence-corrected chi connectivity index (χ1v) is 7.58. The van der Waals surface area contributed by atoms with Crippen LogP contribution in [0.2, 0.25) is 0 Å². The molecule has 0 radical (unpaired) electrons. The lowest BCUT2D eigenvalue weighted by molar-refractivity contribution is 0.0314. The Labute approximate surface area is 127 Å². The van der Waals surface area contributed by atoms with Gasteiger partial charge in [0, 0.05) is 31.7 Å². The van der Waals surface area contributed by atoms with E-state index in [2.05, 4.69) is 43.0 Å². The molecule has 0 bridgehead atoms. The first-order chi connectivity index (χ1) is 9.82. The zero-order valence-corrected chi connectivity index (χ0v) is 13.8. The molecule has 1 aromatic rings. The summed E-state index contributed by atoms with van der Waals surface area (Å²) < 4.78 is 11.0. The highest BCUT2D eigenvalue weighted by atomic mass is 16.5. The van der Waals surface area contributed by atoms with Crippen molar-refractivity contribution in [2.75, 3.05) is 25.6 Å². The van der Waals surface area contributed by atoms with E-state index in [9.17, 15) is 0 Å². The van der Waals surface area contributed by atoms with Gasteiger partial charge in [-0.15, -0.1) is 0 Å². The molecule has 0 amide bonds. The van der Waals surface area contributed by atoms with Crippen LogP contribution in [0.4, 0.5) is 5.82 Å². The molecule has 1 aromatic heterocycles. The summed E-state index contributed by atoms with van der Waals surface area (Å²) in [5.74, 6) is 1.68. The van der Waals surface area contributed by atoms with Crippen molar-refractivity contribution in [1.29, 1.82) is 0 Å². The van der Waals surface area contributed by atoms with Crippen LogP contribution in [0.5, 0.6) is 0 Å². The number of ether oxygens (including phenoxy) is 2. The highest BCUT2D eigenvalue weighted by Gasteiger charge is 2.29. The minimum Gasteiger partial charge on any atom is -0.378 e. The molecule has 21 heavy (non-hydrogen) atoms. The fourth-order valence-corrected chi connectivity index (χ4v) is 2.40. The van der Waals surface area contributed by atoms with Crippen molar-refractivity contribution >= 4 is 5.82 Å². The fourth-order valence-electron chi connectivity index (χ4n) is 2.40. The molecule has 1 unspecified atom stereocenters. The second kappa shape index (κ2) is 6.28. The highest BCUT2D eigenvalue weighted by molar-refractivity contribution is 5.37. The molecule has 0 saturated carbocycles. The molecule has 1 fully saturated rings. The summed E-state index contributed by atoms with van der Waals surface area (Å²) in [7, 11) is 1.68. The molecule has 1 saturated heterocycles. The van der Waals surface area contributed by atoms with Gasteiger partial charge in [-0.05, 0) is 19.8 Å². The number of nitrogens with one attached hydrogen (secondary N) is 1. The monoisotopic (exact) mass is 293 g/mol. The lowest BCUT2D eigenvalue weighted by Gasteiger charge is -2.24. The number of anilines is 1. The van der Waals surface area contributed by atoms with Crippen molar-refractivity contribution in [3.05, 3.63) is 17.6 Å². The average Bonchev–Trinajstić information content (AvgIpc) is 2.83. The summed E-state index contributed by atoms with van der Waals surface area (Å²) in [4.78, 5) is 9.23. The first-order valence-electron chi connectivity index (χ1n) is 7.58. The minimum absolute atomic E-state index is 0.0890. The van der Waals surface area contributed by atoms with Crippen LogP contribution in [0.15, 0.2) is 6.07 Å². The van der Waals surface area contributed by atoms with Crippen molar-refractivity contribution in [2.45, 2.75) is 58.2 Å². The van der Waals surface area contributed by atoms with Gasteiger partial charge in [-0.2, -0.15) is 0 Å². The molecule has 0 aliphatic carbocycles. The van der Waals surface area contributed by atoms with Gasteiger partial charge in [0.15, 0.2) is 0 Å². The zero-order chi connectivity index (χ0) is 15.5. The van der Waals surface area contributed by atoms with E-state index in [-0.39, 0.29) is 11.0 Å². The van der Waals surface area contributed by atoms with Gasteiger partial charge in [-0.3, -0.25) is 0 Å². The summed E-state index contributed by atoms with van der Waals surface area (Å²) in [6.07, 6.45) is 2.21. The van der Waals surface area contributed by atoms with Gasteiger partial charge < -0.3 is 14.8 Å². The molecule has 1 atom stereocenters. The predicted molar refractivity (Wildman–Crippen MR) is 83.5 cm³/mol. The Balaban J connectivity index is 2.15. The molecule has 0 spiro atoms. The Hall–Kier alpha value is -1.20. The maximum atomic E-state index is 5.81. The Bertz CT molecular complexity index is 477. The van der Waals surface area contributed by atoms with Crippen molar-refractivity contribution in [1.82, 2.24) is 9.97 Å². The Morgan fingerprint density at radius 1 is 1.38 bits per heavy atom. The van der Waals surface area contributed by atoms with E-state index in [1.54, 1.807) is 7.11 Å². The lowest BCUT2D eigenvalue weighted by Crippen LogP contribution is -2.33. The molecule has 1 aliphatic rings. The number of aromatic nitrogens is 2. The van der Waals surface area contributed by atoms with Crippen molar-refractivity contribution in [3.8, 4) is 0 Å². The molecular weight excluding hydrogens is 266 g/mol. The van der Waals surface area contributed by atoms with E-state index >= 15 is 0 Å². The summed E-state index contributed by atoms with van der Waals surface area (Å²) >= 11 is 0. The van der Waals surface area contributed by atoms with Gasteiger partial charge in [0.05, 0.1) is 17.9 Å². The second-order valence-electron chi connectivity index (χ2n) is 7.01. The SMILES string of the molecule is COCc1cc(NCC2(C)CCCO2)nc(C(C)(C)C)n1. The maximum Gasteiger partial charge on any atom is 0.136 e. The van der Waals surface area contributed by atoms with Gasteiger partial charge in [-0.1, -0.05) is 20.8 Å². The van der Waals surface area contributed by atoms with E-state index in [4.69, 9.17) is 9.47 Å². The first kappa shape index (κ1) is 16.2. The number of rotatable bonds is 5. The van der Waals surface area contributed by atoms with Crippen LogP contribution in [0.1, 0.15) is 52.1 Å². The Kier molecular flexibility index (Phi) is 4.84. The van der Waals surface area contributed by atoms with E-state index in [0.29, 0.717) is 6.61 Å². The highest BCUT2D eigenvalue weighted by Crippen LogP contribution is 2.26. The van der Waals surface area contributed by atoms with Crippen LogP contribution in [-0.2, 0) is 21.5 Å². The quantitative estimate of drug-likeness (QED) is 0.904. The summed E-state index contributed by atoms with van der Waals surface area (Å²) in [5, 5.41) is 3.41. The molecule has 5 nitrogen and oxygen atoms in total. The van der Waals surface area contributed by atoms with Crippen LogP contribution in [0, 0.1) is 0 Å². The zero-order valence-electron chi connectivity index (χ0n) is 13.8. The number of hydrogen-bond acceptors (Lipinski definition) is 5. The predicted octanol–water partition coefficient (Wildman–Crippen LogP) is 2.90. The van der Waals surface area contributed by atoms with E-state index in [0.717, 1.165) is 43.3 Å². The van der Waals surface area contributed by atoms with Crippen molar-refractivity contribution < 1.29 is 9.47 Å². The molecule has 1 aliphatic heterocycles. The molecular formula is C16H27N3O2.